The predicted molar refractivity (Wildman–Crippen MR) is 97.9 cm³/mol. The summed E-state index contributed by atoms with van der Waals surface area (Å²) >= 11 is 0. The summed E-state index contributed by atoms with van der Waals surface area (Å²) in [7, 11) is 1.21. The van der Waals surface area contributed by atoms with Gasteiger partial charge in [0.25, 0.3) is 5.56 Å². The average molecular weight is 358 g/mol. The van der Waals surface area contributed by atoms with Crippen molar-refractivity contribution in [3.63, 3.8) is 0 Å². The van der Waals surface area contributed by atoms with Crippen LogP contribution in [0.1, 0.15) is 29.7 Å². The smallest absolute Gasteiger partial charge is 0.333 e. The Bertz CT molecular complexity index is 935. The fraction of sp³-hybridized carbons (Fsp3) is 0.316. The summed E-state index contributed by atoms with van der Waals surface area (Å²) in [6, 6.07) is 4.41. The first-order valence-electron chi connectivity index (χ1n) is 8.16. The van der Waals surface area contributed by atoms with E-state index in [4.69, 9.17) is 9.47 Å². The maximum Gasteiger partial charge on any atom is 0.333 e. The molecule has 1 aromatic heterocycles. The molecular formula is C19H22N2O5. The van der Waals surface area contributed by atoms with Crippen LogP contribution >= 0.6 is 0 Å². The molecule has 2 aromatic rings. The lowest BCUT2D eigenvalue weighted by Crippen LogP contribution is -2.37. The number of hydrogen-bond donors (Lipinski definition) is 1. The summed E-state index contributed by atoms with van der Waals surface area (Å²) in [6.07, 6.45) is 1.57. The Hall–Kier alpha value is -3.09. The van der Waals surface area contributed by atoms with E-state index in [9.17, 15) is 14.4 Å². The van der Waals surface area contributed by atoms with Crippen molar-refractivity contribution < 1.29 is 14.3 Å². The van der Waals surface area contributed by atoms with Gasteiger partial charge in [0.05, 0.1) is 12.7 Å². The van der Waals surface area contributed by atoms with E-state index in [-0.39, 0.29) is 11.4 Å². The molecule has 1 heterocycles. The van der Waals surface area contributed by atoms with Crippen LogP contribution in [0.4, 0.5) is 0 Å². The van der Waals surface area contributed by atoms with Crippen molar-refractivity contribution in [3.8, 4) is 11.6 Å². The number of aromatic nitrogens is 2. The molecule has 1 aromatic carbocycles. The minimum Gasteiger partial charge on any atom is -0.467 e. The fourth-order valence-electron chi connectivity index (χ4n) is 2.77. The van der Waals surface area contributed by atoms with Gasteiger partial charge in [0.15, 0.2) is 6.04 Å². The lowest BCUT2D eigenvalue weighted by molar-refractivity contribution is -0.143. The lowest BCUT2D eigenvalue weighted by Gasteiger charge is -2.20. The SMILES string of the molecule is C=CC(C(=O)OC)n1c(Oc2cc(C)cc(C)c2)c(CC)c(=O)[nH]c1=O. The van der Waals surface area contributed by atoms with Crippen LogP contribution in [-0.2, 0) is 16.0 Å². The van der Waals surface area contributed by atoms with Crippen LogP contribution in [0, 0.1) is 13.8 Å². The van der Waals surface area contributed by atoms with Crippen molar-refractivity contribution in [2.45, 2.75) is 33.2 Å². The van der Waals surface area contributed by atoms with Gasteiger partial charge in [-0.3, -0.25) is 9.78 Å². The highest BCUT2D eigenvalue weighted by Crippen LogP contribution is 2.27. The topological polar surface area (TPSA) is 90.4 Å². The van der Waals surface area contributed by atoms with Crippen molar-refractivity contribution in [1.82, 2.24) is 9.55 Å². The molecule has 0 aliphatic heterocycles. The van der Waals surface area contributed by atoms with Crippen LogP contribution in [0.5, 0.6) is 11.6 Å². The molecule has 0 saturated carbocycles. The molecule has 1 atom stereocenters. The molecule has 7 heteroatoms. The Kier molecular flexibility index (Phi) is 5.82. The largest absolute Gasteiger partial charge is 0.467 e. The van der Waals surface area contributed by atoms with Crippen LogP contribution in [0.3, 0.4) is 0 Å². The van der Waals surface area contributed by atoms with E-state index in [1.165, 1.54) is 13.2 Å². The molecule has 26 heavy (non-hydrogen) atoms. The molecule has 0 saturated heterocycles. The summed E-state index contributed by atoms with van der Waals surface area (Å²) < 4.78 is 11.7. The van der Waals surface area contributed by atoms with E-state index in [0.29, 0.717) is 12.2 Å². The van der Waals surface area contributed by atoms with Crippen LogP contribution in [0.2, 0.25) is 0 Å². The molecule has 0 aliphatic carbocycles. The summed E-state index contributed by atoms with van der Waals surface area (Å²) in [5.41, 5.74) is 0.845. The molecule has 0 spiro atoms. The minimum atomic E-state index is -1.13. The van der Waals surface area contributed by atoms with Gasteiger partial charge in [-0.1, -0.05) is 19.1 Å². The molecule has 7 nitrogen and oxygen atoms in total. The van der Waals surface area contributed by atoms with Crippen LogP contribution in [0.15, 0.2) is 40.4 Å². The third kappa shape index (κ3) is 3.77. The van der Waals surface area contributed by atoms with Gasteiger partial charge in [-0.25, -0.2) is 14.2 Å². The third-order valence-corrected chi connectivity index (χ3v) is 3.90. The van der Waals surface area contributed by atoms with E-state index in [1.54, 1.807) is 19.1 Å². The summed E-state index contributed by atoms with van der Waals surface area (Å²) in [4.78, 5) is 39.0. The maximum absolute atomic E-state index is 12.4. The van der Waals surface area contributed by atoms with E-state index < -0.39 is 23.3 Å². The number of hydrogen-bond acceptors (Lipinski definition) is 5. The molecule has 0 fully saturated rings. The number of aromatic amines is 1. The van der Waals surface area contributed by atoms with Gasteiger partial charge in [0, 0.05) is 0 Å². The first-order chi connectivity index (χ1) is 12.3. The highest BCUT2D eigenvalue weighted by atomic mass is 16.5. The predicted octanol–water partition coefficient (Wildman–Crippen LogP) is 2.41. The van der Waals surface area contributed by atoms with E-state index in [0.717, 1.165) is 15.7 Å². The molecule has 2 rings (SSSR count). The molecule has 0 amide bonds. The summed E-state index contributed by atoms with van der Waals surface area (Å²) in [5, 5.41) is 0. The normalized spacial score (nSPS) is 11.7. The van der Waals surface area contributed by atoms with Crippen molar-refractivity contribution in [1.29, 1.82) is 0 Å². The highest BCUT2D eigenvalue weighted by Gasteiger charge is 2.26. The van der Waals surface area contributed by atoms with Gasteiger partial charge in [-0.2, -0.15) is 0 Å². The number of carbonyl (C=O) groups is 1. The number of carbonyl (C=O) groups excluding carboxylic acids is 1. The first kappa shape index (κ1) is 19.2. The van der Waals surface area contributed by atoms with Crippen LogP contribution in [0.25, 0.3) is 0 Å². The number of rotatable bonds is 6. The van der Waals surface area contributed by atoms with Crippen molar-refractivity contribution in [2.75, 3.05) is 7.11 Å². The van der Waals surface area contributed by atoms with Crippen molar-refractivity contribution >= 4 is 5.97 Å². The minimum absolute atomic E-state index is 0.00144. The second kappa shape index (κ2) is 7.86. The van der Waals surface area contributed by atoms with Gasteiger partial charge >= 0.3 is 11.7 Å². The lowest BCUT2D eigenvalue weighted by atomic mass is 10.1. The number of methoxy groups -OCH3 is 1. The number of ether oxygens (including phenoxy) is 2. The third-order valence-electron chi connectivity index (χ3n) is 3.90. The van der Waals surface area contributed by atoms with Crippen LogP contribution < -0.4 is 16.0 Å². The summed E-state index contributed by atoms with van der Waals surface area (Å²) in [6.45, 7) is 9.17. The zero-order chi connectivity index (χ0) is 19.4. The zero-order valence-electron chi connectivity index (χ0n) is 15.3. The molecular weight excluding hydrogens is 336 g/mol. The number of H-pyrrole nitrogens is 1. The monoisotopic (exact) mass is 358 g/mol. The maximum atomic E-state index is 12.4. The number of aryl methyl sites for hydroxylation is 2. The summed E-state index contributed by atoms with van der Waals surface area (Å²) in [5.74, 6) is -0.230. The number of nitrogens with zero attached hydrogens (tertiary/aromatic N) is 1. The van der Waals surface area contributed by atoms with E-state index in [2.05, 4.69) is 11.6 Å². The average Bonchev–Trinajstić information content (AvgIpc) is 2.56. The molecule has 1 unspecified atom stereocenters. The van der Waals surface area contributed by atoms with Gasteiger partial charge in [0.1, 0.15) is 5.75 Å². The van der Waals surface area contributed by atoms with Gasteiger partial charge in [-0.15, -0.1) is 6.58 Å². The first-order valence-corrected chi connectivity index (χ1v) is 8.16. The fourth-order valence-corrected chi connectivity index (χ4v) is 2.77. The Morgan fingerprint density at radius 3 is 2.38 bits per heavy atom. The van der Waals surface area contributed by atoms with Gasteiger partial charge < -0.3 is 9.47 Å². The zero-order valence-corrected chi connectivity index (χ0v) is 15.3. The van der Waals surface area contributed by atoms with E-state index in [1.807, 2.05) is 19.9 Å². The second-order valence-corrected chi connectivity index (χ2v) is 5.90. The highest BCUT2D eigenvalue weighted by molar-refractivity contribution is 5.76. The number of nitrogens with one attached hydrogen (secondary N) is 1. The number of benzene rings is 1. The quantitative estimate of drug-likeness (QED) is 0.632. The molecule has 0 radical (unpaired) electrons. The Balaban J connectivity index is 2.75. The van der Waals surface area contributed by atoms with Gasteiger partial charge in [-0.05, 0) is 43.5 Å². The molecule has 0 bridgehead atoms. The van der Waals surface area contributed by atoms with Gasteiger partial charge in [0.2, 0.25) is 5.88 Å². The number of esters is 1. The standard InChI is InChI=1S/C19H22N2O5/c1-6-14-16(22)20-19(24)21(15(7-2)18(23)25-5)17(14)26-13-9-11(3)8-12(4)10-13/h7-10,15H,2,6H2,1,3-5H3,(H,20,22,24). The Labute approximate surface area is 150 Å². The van der Waals surface area contributed by atoms with Crippen molar-refractivity contribution in [2.24, 2.45) is 0 Å². The second-order valence-electron chi connectivity index (χ2n) is 5.90. The molecule has 1 N–H and O–H groups in total. The Morgan fingerprint density at radius 1 is 1.27 bits per heavy atom. The molecule has 138 valence electrons. The van der Waals surface area contributed by atoms with Crippen molar-refractivity contribution in [3.05, 3.63) is 68.4 Å². The van der Waals surface area contributed by atoms with Crippen LogP contribution in [-0.4, -0.2) is 22.6 Å². The molecule has 0 aliphatic rings. The van der Waals surface area contributed by atoms with E-state index >= 15 is 0 Å². The Morgan fingerprint density at radius 2 is 1.88 bits per heavy atom.